The van der Waals surface area contributed by atoms with Gasteiger partial charge in [0.05, 0.1) is 86.9 Å². The molecule has 24 rings (SSSR count). The Bertz CT molecular complexity index is 6350. The van der Waals surface area contributed by atoms with Gasteiger partial charge in [-0.3, -0.25) is 9.59 Å². The van der Waals surface area contributed by atoms with Crippen molar-refractivity contribution >= 4 is 36.2 Å². The molecule has 670 valence electrons. The van der Waals surface area contributed by atoms with E-state index in [2.05, 4.69) is 135 Å². The monoisotopic (exact) mass is 1760 g/mol. The molecule has 9 atom stereocenters. The van der Waals surface area contributed by atoms with Crippen molar-refractivity contribution in [2.75, 3.05) is 6.61 Å². The number of hydrogen-bond donors (Lipinski definition) is 1. The van der Waals surface area contributed by atoms with Crippen LogP contribution < -0.4 is 0 Å². The zero-order valence-corrected chi connectivity index (χ0v) is 75.1. The zero-order chi connectivity index (χ0) is 89.8. The van der Waals surface area contributed by atoms with Crippen LogP contribution in [0.4, 0.5) is 17.6 Å². The first kappa shape index (κ1) is 85.9. The van der Waals surface area contributed by atoms with Crippen LogP contribution in [-0.2, 0) is 79.9 Å². The number of ether oxygens (including phenoxy) is 4. The van der Waals surface area contributed by atoms with Gasteiger partial charge in [0, 0.05) is 46.5 Å². The average Bonchev–Trinajstić information content (AvgIpc) is 1.55. The second-order valence-electron chi connectivity index (χ2n) is 40.3. The van der Waals surface area contributed by atoms with Crippen LogP contribution in [0.1, 0.15) is 211 Å². The highest BCUT2D eigenvalue weighted by atomic mass is 19.1. The highest BCUT2D eigenvalue weighted by Crippen LogP contribution is 2.67. The molecule has 0 radical (unpaired) electrons. The van der Waals surface area contributed by atoms with E-state index < -0.39 is 28.3 Å². The van der Waals surface area contributed by atoms with E-state index in [0.717, 1.165) is 190 Å². The molecule has 8 heterocycles. The lowest BCUT2D eigenvalue weighted by Gasteiger charge is -2.52. The molecule has 8 fully saturated rings. The van der Waals surface area contributed by atoms with Gasteiger partial charge in [-0.2, -0.15) is 20.4 Å². The van der Waals surface area contributed by atoms with Crippen molar-refractivity contribution in [2.24, 2.45) is 32.5 Å². The van der Waals surface area contributed by atoms with E-state index >= 15 is 0 Å². The summed E-state index contributed by atoms with van der Waals surface area (Å²) in [6.45, 7) is 10.2. The van der Waals surface area contributed by atoms with E-state index in [1.165, 1.54) is 119 Å². The van der Waals surface area contributed by atoms with Gasteiger partial charge in [-0.05, 0) is 320 Å². The van der Waals surface area contributed by atoms with Crippen LogP contribution >= 0.6 is 0 Å². The fourth-order valence-electron chi connectivity index (χ4n) is 25.8. The fraction of sp³-hybridized carbons (Fsp3) is 0.375. The standard InChI is InChI=1S/C35H35FN2O2.C35H33FN2O2.C21H21FN2O2.C21H23FN2O/c2*1-33-22-27-23-37-38(30-16-14-29(36)15-17-30)31(27)19-28(33)13-8-18-35(33)24-34(32(39)40-35,20-25-9-4-2-5-10-25)21-26-11-6-3-7-12-26;1-20-12-14-13-23-24(17-6-4-16(22)5-7-17)18(14)11-15(20)3-2-9-21(20)10-8-19(25)26-21;1-20-13-15-14-23-24(18-7-5-17(22)6-8-18)19(15)12-16(20)4-2-9-21(20)10-3-11-25-21/h2-7,9-12,14-17,19,23,32,39H,8,13,18,20-22,24H2,1H3;2-7,9-12,14-17,19,23H,8,13,18,20-22,24H2,1H3;4-7,11,13H,2-3,8-10,12H2,1H3;5-8,12,14H,2-4,9-11,13H2,1H3/t32?,33-,35+;33-,35+;2*20-,21+/m0000/s1. The number of aliphatic hydroxyl groups excluding tert-OH is 1. The third-order valence-electron chi connectivity index (χ3n) is 32.8. The Hall–Kier alpha value is -11.9. The lowest BCUT2D eigenvalue weighted by molar-refractivity contribution is -0.200. The summed E-state index contributed by atoms with van der Waals surface area (Å²) in [5, 5.41) is 30.5. The molecule has 131 heavy (non-hydrogen) atoms. The summed E-state index contributed by atoms with van der Waals surface area (Å²) in [6.07, 6.45) is 39.6. The van der Waals surface area contributed by atoms with Gasteiger partial charge in [0.25, 0.3) is 0 Å². The molecule has 1 unspecified atom stereocenters. The number of benzene rings is 8. The average molecular weight is 1760 g/mol. The molecule has 1 N–H and O–H groups in total. The van der Waals surface area contributed by atoms with Crippen LogP contribution in [0.25, 0.3) is 47.1 Å². The summed E-state index contributed by atoms with van der Waals surface area (Å²) >= 11 is 0. The molecule has 8 aliphatic carbocycles. The van der Waals surface area contributed by atoms with Crippen molar-refractivity contribution in [3.8, 4) is 22.7 Å². The number of aromatic nitrogens is 8. The van der Waals surface area contributed by atoms with Gasteiger partial charge in [-0.1, -0.05) is 171 Å². The number of hydrogen-bond acceptors (Lipinski definition) is 11. The maximum atomic E-state index is 14.2. The van der Waals surface area contributed by atoms with E-state index in [0.29, 0.717) is 25.7 Å². The molecule has 4 saturated carbocycles. The Morgan fingerprint density at radius 2 is 0.664 bits per heavy atom. The van der Waals surface area contributed by atoms with Crippen molar-refractivity contribution in [3.63, 3.8) is 0 Å². The summed E-state index contributed by atoms with van der Waals surface area (Å²) in [5.74, 6) is -1.13. The van der Waals surface area contributed by atoms with Crippen LogP contribution in [0.3, 0.4) is 0 Å². The van der Waals surface area contributed by atoms with E-state index in [4.69, 9.17) is 29.1 Å². The van der Waals surface area contributed by atoms with Crippen molar-refractivity contribution in [3.05, 3.63) is 356 Å². The lowest BCUT2D eigenvalue weighted by atomic mass is 9.54. The second-order valence-corrected chi connectivity index (χ2v) is 40.3. The molecule has 4 spiro atoms. The molecular formula is C112H112F4N8O7. The first-order chi connectivity index (χ1) is 63.4. The Morgan fingerprint density at radius 3 is 1.01 bits per heavy atom. The van der Waals surface area contributed by atoms with Crippen molar-refractivity contribution in [1.82, 2.24) is 39.1 Å². The Balaban J connectivity index is 0.000000108. The summed E-state index contributed by atoms with van der Waals surface area (Å²) in [4.78, 5) is 26.1. The molecule has 8 aromatic carbocycles. The predicted octanol–water partition coefficient (Wildman–Crippen LogP) is 23.3. The predicted molar refractivity (Wildman–Crippen MR) is 498 cm³/mol. The van der Waals surface area contributed by atoms with Crippen molar-refractivity contribution in [2.45, 2.75) is 223 Å². The first-order valence-electron chi connectivity index (χ1n) is 47.2. The van der Waals surface area contributed by atoms with Gasteiger partial charge in [-0.25, -0.2) is 36.3 Å². The number of aliphatic hydroxyl groups is 1. The number of carbonyl (C=O) groups is 2. The molecule has 12 aliphatic rings. The normalized spacial score (nSPS) is 27.6. The van der Waals surface area contributed by atoms with Crippen LogP contribution in [0.2, 0.25) is 0 Å². The van der Waals surface area contributed by atoms with Crippen molar-refractivity contribution < 1.29 is 51.2 Å². The van der Waals surface area contributed by atoms with Gasteiger partial charge in [-0.15, -0.1) is 0 Å². The minimum absolute atomic E-state index is 0.00670. The van der Waals surface area contributed by atoms with Gasteiger partial charge in [0.15, 0.2) is 6.29 Å². The van der Waals surface area contributed by atoms with Gasteiger partial charge in [0.2, 0.25) is 0 Å². The number of nitrogens with zero attached hydrogens (tertiary/aromatic N) is 8. The third-order valence-corrected chi connectivity index (χ3v) is 32.8. The summed E-state index contributed by atoms with van der Waals surface area (Å²) < 4.78 is 87.2. The molecule has 4 saturated heterocycles. The molecule has 12 aromatic rings. The van der Waals surface area contributed by atoms with Gasteiger partial charge < -0.3 is 24.1 Å². The zero-order valence-electron chi connectivity index (χ0n) is 75.1. The Labute approximate surface area is 763 Å². The molecular weight excluding hydrogens is 1650 g/mol. The van der Waals surface area contributed by atoms with E-state index in [1.807, 2.05) is 92.0 Å². The number of fused-ring (bicyclic) bond motifs is 12. The quantitative estimate of drug-likeness (QED) is 0.0915. The maximum absolute atomic E-state index is 14.2. The van der Waals surface area contributed by atoms with Crippen LogP contribution in [-0.4, -0.2) is 91.5 Å². The van der Waals surface area contributed by atoms with Crippen LogP contribution in [0.5, 0.6) is 0 Å². The minimum atomic E-state index is -0.868. The summed E-state index contributed by atoms with van der Waals surface area (Å²) in [7, 11) is 0. The molecule has 4 aromatic heterocycles. The van der Waals surface area contributed by atoms with Crippen LogP contribution in [0.15, 0.2) is 265 Å². The second kappa shape index (κ2) is 33.4. The molecule has 15 nitrogen and oxygen atoms in total. The third kappa shape index (κ3) is 15.0. The van der Waals surface area contributed by atoms with Gasteiger partial charge in [0.1, 0.15) is 34.5 Å². The Morgan fingerprint density at radius 1 is 0.351 bits per heavy atom. The highest BCUT2D eigenvalue weighted by Gasteiger charge is 2.68. The first-order valence-corrected chi connectivity index (χ1v) is 47.2. The van der Waals surface area contributed by atoms with Gasteiger partial charge >= 0.3 is 11.9 Å². The Kier molecular flexibility index (Phi) is 21.9. The van der Waals surface area contributed by atoms with E-state index in [-0.39, 0.29) is 68.1 Å². The lowest BCUT2D eigenvalue weighted by Crippen LogP contribution is -2.52. The van der Waals surface area contributed by atoms with E-state index in [1.54, 1.807) is 48.5 Å². The minimum Gasteiger partial charge on any atom is -0.458 e. The van der Waals surface area contributed by atoms with E-state index in [9.17, 15) is 32.3 Å². The number of halogens is 4. The molecule has 0 bridgehead atoms. The maximum Gasteiger partial charge on any atom is 0.313 e. The number of carbonyl (C=O) groups excluding carboxylic acids is 2. The molecule has 0 amide bonds. The molecule has 19 heteroatoms. The SMILES string of the molecule is C[C@]12Cc3cnn(-c4ccc(F)cc4)c3C=C1CCC[C@@]21CC(Cc2ccccc2)(Cc2ccccc2)C(=O)O1.C[C@]12Cc3cnn(-c4ccc(F)cc4)c3C=C1CCC[C@@]21CC(Cc2ccccc2)(Cc2ccccc2)C(O)O1.C[C@]12Cc3cnn(-c4ccc(F)cc4)c3C=C1CCC[C@@]21CCC(=O)O1.C[C@]12Cc3cnn(-c4ccc(F)cc4)c3C=C1CCC[C@@]21CCCO1. The highest BCUT2D eigenvalue weighted by molar-refractivity contribution is 5.82. The largest absolute Gasteiger partial charge is 0.458 e. The topological polar surface area (TPSA) is 163 Å². The summed E-state index contributed by atoms with van der Waals surface area (Å²) in [5.41, 5.74) is 19.6. The van der Waals surface area contributed by atoms with Crippen molar-refractivity contribution in [1.29, 1.82) is 0 Å². The smallest absolute Gasteiger partial charge is 0.313 e. The number of esters is 2. The fourth-order valence-corrected chi connectivity index (χ4v) is 25.8. The molecule has 4 aliphatic heterocycles. The summed E-state index contributed by atoms with van der Waals surface area (Å²) in [6, 6.07) is 67.7. The van der Waals surface area contributed by atoms with Crippen LogP contribution in [0, 0.1) is 55.8 Å². The number of rotatable bonds is 12.